The van der Waals surface area contributed by atoms with Crippen molar-refractivity contribution in [3.05, 3.63) is 29.8 Å². The maximum atomic E-state index is 13.3. The molecule has 2 N–H and O–H groups in total. The molecule has 0 aromatic carbocycles. The van der Waals surface area contributed by atoms with Crippen LogP contribution in [-0.2, 0) is 5.54 Å². The Hall–Kier alpha value is -0.960. The van der Waals surface area contributed by atoms with E-state index in [-0.39, 0.29) is 11.2 Å². The van der Waals surface area contributed by atoms with E-state index in [2.05, 4.69) is 4.98 Å². The normalized spacial score (nSPS) is 30.2. The summed E-state index contributed by atoms with van der Waals surface area (Å²) in [6, 6.07) is 2.99. The van der Waals surface area contributed by atoms with Crippen LogP contribution in [0, 0.1) is 11.2 Å². The van der Waals surface area contributed by atoms with Crippen LogP contribution in [0.3, 0.4) is 0 Å². The Kier molecular flexibility index (Phi) is 1.52. The second-order valence-electron chi connectivity index (χ2n) is 4.37. The number of nitrogens with zero attached hydrogens (tertiary/aromatic N) is 1. The second kappa shape index (κ2) is 2.29. The van der Waals surface area contributed by atoms with Crippen LogP contribution in [0.2, 0.25) is 0 Å². The first kappa shape index (κ1) is 8.63. The minimum Gasteiger partial charge on any atom is -0.320 e. The SMILES string of the molecule is CC1(C)CC1(N)c1ncccc1F. The Morgan fingerprint density at radius 3 is 2.62 bits per heavy atom. The smallest absolute Gasteiger partial charge is 0.146 e. The maximum absolute atomic E-state index is 13.3. The molecular formula is C10H13FN2. The molecule has 1 atom stereocenters. The molecule has 1 aliphatic rings. The summed E-state index contributed by atoms with van der Waals surface area (Å²) in [6.07, 6.45) is 2.38. The molecule has 1 fully saturated rings. The van der Waals surface area contributed by atoms with E-state index in [1.165, 1.54) is 6.07 Å². The average molecular weight is 180 g/mol. The standard InChI is InChI=1S/C10H13FN2/c1-9(2)6-10(9,12)8-7(11)4-3-5-13-8/h3-5H,6,12H2,1-2H3. The molecule has 3 heteroatoms. The van der Waals surface area contributed by atoms with Gasteiger partial charge < -0.3 is 5.73 Å². The lowest BCUT2D eigenvalue weighted by atomic mass is 10.0. The highest BCUT2D eigenvalue weighted by Gasteiger charge is 2.61. The Balaban J connectivity index is 2.44. The zero-order valence-corrected chi connectivity index (χ0v) is 7.84. The van der Waals surface area contributed by atoms with E-state index < -0.39 is 5.54 Å². The van der Waals surface area contributed by atoms with Crippen molar-refractivity contribution in [2.45, 2.75) is 25.8 Å². The fourth-order valence-electron chi connectivity index (χ4n) is 1.77. The van der Waals surface area contributed by atoms with Gasteiger partial charge in [0.1, 0.15) is 5.82 Å². The predicted octanol–water partition coefficient (Wildman–Crippen LogP) is 1.80. The van der Waals surface area contributed by atoms with Crippen LogP contribution in [-0.4, -0.2) is 4.98 Å². The second-order valence-corrected chi connectivity index (χ2v) is 4.37. The third-order valence-electron chi connectivity index (χ3n) is 2.98. The number of hydrogen-bond acceptors (Lipinski definition) is 2. The highest BCUT2D eigenvalue weighted by atomic mass is 19.1. The minimum absolute atomic E-state index is 0.0256. The van der Waals surface area contributed by atoms with Crippen LogP contribution < -0.4 is 5.73 Å². The Labute approximate surface area is 77.0 Å². The van der Waals surface area contributed by atoms with Crippen molar-refractivity contribution in [1.29, 1.82) is 0 Å². The minimum atomic E-state index is -0.557. The van der Waals surface area contributed by atoms with Crippen molar-refractivity contribution in [3.63, 3.8) is 0 Å². The van der Waals surface area contributed by atoms with Gasteiger partial charge in [0.2, 0.25) is 0 Å². The molecule has 0 radical (unpaired) electrons. The fraction of sp³-hybridized carbons (Fsp3) is 0.500. The third-order valence-corrected chi connectivity index (χ3v) is 2.98. The molecule has 1 unspecified atom stereocenters. The maximum Gasteiger partial charge on any atom is 0.146 e. The molecule has 1 saturated carbocycles. The van der Waals surface area contributed by atoms with Gasteiger partial charge in [-0.1, -0.05) is 13.8 Å². The lowest BCUT2D eigenvalue weighted by Gasteiger charge is -2.14. The van der Waals surface area contributed by atoms with Gasteiger partial charge in [-0.05, 0) is 24.0 Å². The average Bonchev–Trinajstić information content (AvgIpc) is 2.53. The number of halogens is 1. The summed E-state index contributed by atoms with van der Waals surface area (Å²) in [4.78, 5) is 4.01. The number of aromatic nitrogens is 1. The van der Waals surface area contributed by atoms with Crippen molar-refractivity contribution >= 4 is 0 Å². The van der Waals surface area contributed by atoms with Crippen LogP contribution >= 0.6 is 0 Å². The molecule has 0 bridgehead atoms. The van der Waals surface area contributed by atoms with E-state index in [1.54, 1.807) is 12.3 Å². The van der Waals surface area contributed by atoms with Gasteiger partial charge in [-0.25, -0.2) is 4.39 Å². The molecule has 2 rings (SSSR count). The summed E-state index contributed by atoms with van der Waals surface area (Å²) in [6.45, 7) is 4.06. The molecule has 0 saturated heterocycles. The van der Waals surface area contributed by atoms with Crippen LogP contribution in [0.4, 0.5) is 4.39 Å². The molecule has 2 nitrogen and oxygen atoms in total. The Morgan fingerprint density at radius 1 is 1.54 bits per heavy atom. The third kappa shape index (κ3) is 1.07. The van der Waals surface area contributed by atoms with Gasteiger partial charge in [0, 0.05) is 6.20 Å². The molecule has 70 valence electrons. The quantitative estimate of drug-likeness (QED) is 0.715. The number of pyridine rings is 1. The van der Waals surface area contributed by atoms with Gasteiger partial charge in [0.25, 0.3) is 0 Å². The van der Waals surface area contributed by atoms with E-state index in [0.29, 0.717) is 5.69 Å². The van der Waals surface area contributed by atoms with E-state index in [1.807, 2.05) is 13.8 Å². The highest BCUT2D eigenvalue weighted by Crippen LogP contribution is 2.60. The van der Waals surface area contributed by atoms with E-state index in [0.717, 1.165) is 6.42 Å². The predicted molar refractivity (Wildman–Crippen MR) is 48.5 cm³/mol. The monoisotopic (exact) mass is 180 g/mol. The van der Waals surface area contributed by atoms with Crippen LogP contribution in [0.25, 0.3) is 0 Å². The summed E-state index contributed by atoms with van der Waals surface area (Å²) in [5, 5.41) is 0. The van der Waals surface area contributed by atoms with Crippen molar-refractivity contribution in [3.8, 4) is 0 Å². The lowest BCUT2D eigenvalue weighted by molar-refractivity contribution is 0.469. The largest absolute Gasteiger partial charge is 0.320 e. The van der Waals surface area contributed by atoms with Gasteiger partial charge in [-0.2, -0.15) is 0 Å². The molecule has 1 heterocycles. The Bertz CT molecular complexity index is 349. The molecule has 1 aromatic heterocycles. The first-order valence-corrected chi connectivity index (χ1v) is 4.37. The van der Waals surface area contributed by atoms with E-state index >= 15 is 0 Å². The van der Waals surface area contributed by atoms with Crippen molar-refractivity contribution < 1.29 is 4.39 Å². The van der Waals surface area contributed by atoms with Crippen molar-refractivity contribution in [2.75, 3.05) is 0 Å². The van der Waals surface area contributed by atoms with E-state index in [4.69, 9.17) is 5.73 Å². The van der Waals surface area contributed by atoms with Crippen LogP contribution in [0.15, 0.2) is 18.3 Å². The molecule has 13 heavy (non-hydrogen) atoms. The molecule has 1 aliphatic carbocycles. The lowest BCUT2D eigenvalue weighted by Crippen LogP contribution is -2.28. The summed E-state index contributed by atoms with van der Waals surface area (Å²) < 4.78 is 13.3. The molecule has 0 spiro atoms. The number of rotatable bonds is 1. The van der Waals surface area contributed by atoms with Crippen molar-refractivity contribution in [2.24, 2.45) is 11.1 Å². The summed E-state index contributed by atoms with van der Waals surface area (Å²) in [5.41, 5.74) is 5.86. The summed E-state index contributed by atoms with van der Waals surface area (Å²) in [5.74, 6) is -0.296. The van der Waals surface area contributed by atoms with Crippen LogP contribution in [0.1, 0.15) is 26.0 Å². The molecule has 0 amide bonds. The topological polar surface area (TPSA) is 38.9 Å². The highest BCUT2D eigenvalue weighted by molar-refractivity contribution is 5.30. The first-order valence-electron chi connectivity index (χ1n) is 4.37. The van der Waals surface area contributed by atoms with Crippen LogP contribution in [0.5, 0.6) is 0 Å². The Morgan fingerprint density at radius 2 is 2.15 bits per heavy atom. The van der Waals surface area contributed by atoms with Gasteiger partial charge in [-0.15, -0.1) is 0 Å². The number of hydrogen-bond donors (Lipinski definition) is 1. The fourth-order valence-corrected chi connectivity index (χ4v) is 1.77. The van der Waals surface area contributed by atoms with Crippen molar-refractivity contribution in [1.82, 2.24) is 4.98 Å². The molecular weight excluding hydrogens is 167 g/mol. The zero-order valence-electron chi connectivity index (χ0n) is 7.84. The summed E-state index contributed by atoms with van der Waals surface area (Å²) in [7, 11) is 0. The van der Waals surface area contributed by atoms with Gasteiger partial charge in [-0.3, -0.25) is 4.98 Å². The number of nitrogens with two attached hydrogens (primary N) is 1. The first-order chi connectivity index (χ1) is 5.97. The summed E-state index contributed by atoms with van der Waals surface area (Å²) >= 11 is 0. The van der Waals surface area contributed by atoms with Gasteiger partial charge in [0.05, 0.1) is 11.2 Å². The van der Waals surface area contributed by atoms with E-state index in [9.17, 15) is 4.39 Å². The van der Waals surface area contributed by atoms with Gasteiger partial charge >= 0.3 is 0 Å². The van der Waals surface area contributed by atoms with Gasteiger partial charge in [0.15, 0.2) is 0 Å². The molecule has 1 aromatic rings. The zero-order chi connectivity index (χ0) is 9.69. The molecule has 0 aliphatic heterocycles.